The van der Waals surface area contributed by atoms with Crippen LogP contribution in [-0.4, -0.2) is 55.9 Å². The van der Waals surface area contributed by atoms with E-state index in [1.165, 1.54) is 0 Å². The fourth-order valence-corrected chi connectivity index (χ4v) is 4.81. The van der Waals surface area contributed by atoms with Gasteiger partial charge in [0.2, 0.25) is 5.91 Å². The molecule has 1 amide bonds. The van der Waals surface area contributed by atoms with Crippen molar-refractivity contribution in [3.05, 3.63) is 41.6 Å². The van der Waals surface area contributed by atoms with Gasteiger partial charge in [0, 0.05) is 37.1 Å². The number of amides is 1. The number of aromatic nitrogens is 1. The summed E-state index contributed by atoms with van der Waals surface area (Å²) in [6.07, 6.45) is 4.32. The topological polar surface area (TPSA) is 84.5 Å². The highest BCUT2D eigenvalue weighted by molar-refractivity contribution is 6.33. The Morgan fingerprint density at radius 1 is 1.24 bits per heavy atom. The van der Waals surface area contributed by atoms with E-state index in [-0.39, 0.29) is 11.8 Å². The van der Waals surface area contributed by atoms with Crippen molar-refractivity contribution in [1.82, 2.24) is 10.3 Å². The van der Waals surface area contributed by atoms with Crippen LogP contribution in [0.25, 0.3) is 11.1 Å². The Labute approximate surface area is 200 Å². The Hall–Kier alpha value is -2.19. The molecule has 2 fully saturated rings. The lowest BCUT2D eigenvalue weighted by molar-refractivity contribution is -0.121. The van der Waals surface area contributed by atoms with Gasteiger partial charge in [-0.05, 0) is 56.4 Å². The smallest absolute Gasteiger partial charge is 0.232 e. The van der Waals surface area contributed by atoms with Crippen LogP contribution in [-0.2, 0) is 14.3 Å². The molecule has 1 unspecified atom stereocenters. The molecule has 0 spiro atoms. The van der Waals surface area contributed by atoms with E-state index in [9.17, 15) is 4.79 Å². The molecule has 0 radical (unpaired) electrons. The van der Waals surface area contributed by atoms with Gasteiger partial charge in [-0.2, -0.15) is 0 Å². The second-order valence-corrected chi connectivity index (χ2v) is 9.48. The zero-order chi connectivity index (χ0) is 23.2. The zero-order valence-electron chi connectivity index (χ0n) is 19.3. The van der Waals surface area contributed by atoms with E-state index < -0.39 is 0 Å². The number of anilines is 2. The number of carbonyl (C=O) groups is 1. The van der Waals surface area contributed by atoms with Crippen LogP contribution in [0.1, 0.15) is 26.7 Å². The molecular weight excluding hydrogens is 440 g/mol. The first-order valence-electron chi connectivity index (χ1n) is 11.7. The Kier molecular flexibility index (Phi) is 8.20. The van der Waals surface area contributed by atoms with Crippen LogP contribution < -0.4 is 16.0 Å². The summed E-state index contributed by atoms with van der Waals surface area (Å²) in [5, 5.41) is 10.2. The first-order valence-corrected chi connectivity index (χ1v) is 12.1. The molecule has 178 valence electrons. The van der Waals surface area contributed by atoms with E-state index >= 15 is 0 Å². The van der Waals surface area contributed by atoms with Gasteiger partial charge in [0.25, 0.3) is 0 Å². The maximum Gasteiger partial charge on any atom is 0.232 e. The van der Waals surface area contributed by atoms with Gasteiger partial charge in [0.15, 0.2) is 0 Å². The summed E-state index contributed by atoms with van der Waals surface area (Å²) in [6, 6.07) is 10.00. The van der Waals surface area contributed by atoms with Gasteiger partial charge in [0.05, 0.1) is 36.4 Å². The molecule has 1 aromatic heterocycles. The van der Waals surface area contributed by atoms with Crippen molar-refractivity contribution in [2.75, 3.05) is 43.5 Å². The molecule has 7 nitrogen and oxygen atoms in total. The number of carbonyl (C=O) groups excluding carboxylic acids is 1. The van der Waals surface area contributed by atoms with E-state index in [0.29, 0.717) is 48.7 Å². The molecule has 8 heteroatoms. The molecule has 33 heavy (non-hydrogen) atoms. The number of hydrogen-bond acceptors (Lipinski definition) is 6. The lowest BCUT2D eigenvalue weighted by Crippen LogP contribution is -2.33. The van der Waals surface area contributed by atoms with Crippen LogP contribution in [0.3, 0.4) is 0 Å². The number of nitrogens with one attached hydrogen (secondary N) is 3. The van der Waals surface area contributed by atoms with E-state index in [1.54, 1.807) is 6.20 Å². The van der Waals surface area contributed by atoms with Gasteiger partial charge in [-0.1, -0.05) is 23.7 Å². The minimum Gasteiger partial charge on any atom is -0.385 e. The quantitative estimate of drug-likeness (QED) is 0.584. The summed E-state index contributed by atoms with van der Waals surface area (Å²) in [7, 11) is 0. The van der Waals surface area contributed by atoms with E-state index in [1.807, 2.05) is 18.2 Å². The summed E-state index contributed by atoms with van der Waals surface area (Å²) in [6.45, 7) is 7.55. The molecule has 3 heterocycles. The first-order chi connectivity index (χ1) is 16.0. The number of nitrogens with zero attached hydrogens (tertiary/aromatic N) is 1. The van der Waals surface area contributed by atoms with Crippen LogP contribution in [0, 0.1) is 11.8 Å². The molecule has 2 aliphatic heterocycles. The molecule has 2 aliphatic rings. The van der Waals surface area contributed by atoms with Gasteiger partial charge in [0.1, 0.15) is 5.82 Å². The second kappa shape index (κ2) is 11.3. The van der Waals surface area contributed by atoms with Crippen molar-refractivity contribution < 1.29 is 14.3 Å². The normalized spacial score (nSPS) is 25.8. The largest absolute Gasteiger partial charge is 0.385 e. The SMILES string of the molecule is C[C@@H]1CC(CNc2cccc(-c3cc(NC(=O)[C@H]4CNCCOC4)ncc3Cl)c2)C[C@H](C)O1. The highest BCUT2D eigenvalue weighted by Gasteiger charge is 2.24. The third-order valence-electron chi connectivity index (χ3n) is 6.17. The summed E-state index contributed by atoms with van der Waals surface area (Å²) in [5.41, 5.74) is 2.84. The number of pyridine rings is 1. The highest BCUT2D eigenvalue weighted by atomic mass is 35.5. The Balaban J connectivity index is 1.43. The van der Waals surface area contributed by atoms with Crippen molar-refractivity contribution in [2.24, 2.45) is 11.8 Å². The molecule has 2 saturated heterocycles. The highest BCUT2D eigenvalue weighted by Crippen LogP contribution is 2.31. The molecule has 0 bridgehead atoms. The predicted molar refractivity (Wildman–Crippen MR) is 132 cm³/mol. The van der Waals surface area contributed by atoms with Gasteiger partial charge in [-0.15, -0.1) is 0 Å². The minimum absolute atomic E-state index is 0.111. The van der Waals surface area contributed by atoms with Crippen molar-refractivity contribution in [3.8, 4) is 11.1 Å². The van der Waals surface area contributed by atoms with Gasteiger partial charge < -0.3 is 25.4 Å². The summed E-state index contributed by atoms with van der Waals surface area (Å²) < 4.78 is 11.3. The molecule has 4 atom stereocenters. The van der Waals surface area contributed by atoms with Crippen LogP contribution in [0.5, 0.6) is 0 Å². The van der Waals surface area contributed by atoms with Gasteiger partial charge >= 0.3 is 0 Å². The number of rotatable bonds is 6. The van der Waals surface area contributed by atoms with Crippen molar-refractivity contribution in [1.29, 1.82) is 0 Å². The predicted octanol–water partition coefficient (Wildman–Crippen LogP) is 4.19. The van der Waals surface area contributed by atoms with Crippen molar-refractivity contribution in [2.45, 2.75) is 38.9 Å². The number of hydrogen-bond donors (Lipinski definition) is 3. The van der Waals surface area contributed by atoms with Gasteiger partial charge in [-0.25, -0.2) is 4.98 Å². The third-order valence-corrected chi connectivity index (χ3v) is 6.48. The Morgan fingerprint density at radius 2 is 2.06 bits per heavy atom. The first kappa shape index (κ1) is 24.0. The molecule has 4 rings (SSSR count). The maximum absolute atomic E-state index is 12.7. The second-order valence-electron chi connectivity index (χ2n) is 9.07. The van der Waals surface area contributed by atoms with E-state index in [4.69, 9.17) is 21.1 Å². The van der Waals surface area contributed by atoms with Crippen LogP contribution in [0.15, 0.2) is 36.5 Å². The average molecular weight is 473 g/mol. The number of ether oxygens (including phenoxy) is 2. The van der Waals surface area contributed by atoms with E-state index in [0.717, 1.165) is 42.7 Å². The summed E-state index contributed by atoms with van der Waals surface area (Å²) in [5.74, 6) is 0.700. The van der Waals surface area contributed by atoms with Crippen molar-refractivity contribution in [3.63, 3.8) is 0 Å². The molecule has 3 N–H and O–H groups in total. The van der Waals surface area contributed by atoms with Crippen molar-refractivity contribution >= 4 is 29.0 Å². The van der Waals surface area contributed by atoms with Crippen LogP contribution in [0.2, 0.25) is 5.02 Å². The fourth-order valence-electron chi connectivity index (χ4n) is 4.60. The van der Waals surface area contributed by atoms with Crippen LogP contribution >= 0.6 is 11.6 Å². The molecule has 0 aliphatic carbocycles. The van der Waals surface area contributed by atoms with Gasteiger partial charge in [-0.3, -0.25) is 4.79 Å². The average Bonchev–Trinajstić information content (AvgIpc) is 3.08. The fraction of sp³-hybridized carbons (Fsp3) is 0.520. The standard InChI is InChI=1S/C25H33ClN4O3/c1-16-8-18(9-17(2)33-16)12-28-21-5-3-4-19(10-21)22-11-24(29-14-23(22)26)30-25(31)20-13-27-6-7-32-15-20/h3-5,10-11,14,16-18,20,27-28H,6-9,12-13,15H2,1-2H3,(H,29,30,31)/t16-,17+,18?,20-/m0/s1. The summed E-state index contributed by atoms with van der Waals surface area (Å²) >= 11 is 6.48. The molecular formula is C25H33ClN4O3. The minimum atomic E-state index is -0.253. The lowest BCUT2D eigenvalue weighted by Gasteiger charge is -2.32. The lowest BCUT2D eigenvalue weighted by atomic mass is 9.92. The zero-order valence-corrected chi connectivity index (χ0v) is 20.0. The van der Waals surface area contributed by atoms with Crippen LogP contribution in [0.4, 0.5) is 11.5 Å². The third kappa shape index (κ3) is 6.67. The van der Waals surface area contributed by atoms with E-state index in [2.05, 4.69) is 46.9 Å². The molecule has 1 aromatic carbocycles. The maximum atomic E-state index is 12.7. The molecule has 0 saturated carbocycles. The monoisotopic (exact) mass is 472 g/mol. The molecule has 2 aromatic rings. The number of benzene rings is 1. The Morgan fingerprint density at radius 3 is 2.88 bits per heavy atom. The summed E-state index contributed by atoms with van der Waals surface area (Å²) in [4.78, 5) is 17.0. The Bertz CT molecular complexity index is 939. The number of halogens is 1.